The maximum Gasteiger partial charge on any atom is 0.118 e. The first-order valence-electron chi connectivity index (χ1n) is 8.45. The molecule has 0 radical (unpaired) electrons. The monoisotopic (exact) mass is 317 g/mol. The van der Waals surface area contributed by atoms with Crippen molar-refractivity contribution < 1.29 is 14.2 Å². The summed E-state index contributed by atoms with van der Waals surface area (Å²) in [5, 5.41) is 0. The molecule has 0 aromatic heterocycles. The largest absolute Gasteiger partial charge is 0.497 e. The van der Waals surface area contributed by atoms with Crippen molar-refractivity contribution in [3.63, 3.8) is 0 Å². The van der Waals surface area contributed by atoms with E-state index >= 15 is 0 Å². The molecule has 3 rings (SSSR count). The van der Waals surface area contributed by atoms with E-state index in [4.69, 9.17) is 14.2 Å². The molecule has 2 fully saturated rings. The Balaban J connectivity index is 1.56. The molecule has 1 spiro atoms. The van der Waals surface area contributed by atoms with Gasteiger partial charge < -0.3 is 14.2 Å². The quantitative estimate of drug-likeness (QED) is 0.755. The van der Waals surface area contributed by atoms with E-state index in [2.05, 4.69) is 23.6 Å². The maximum absolute atomic E-state index is 6.17. The summed E-state index contributed by atoms with van der Waals surface area (Å²) < 4.78 is 17.2. The van der Waals surface area contributed by atoms with Gasteiger partial charge in [-0.25, -0.2) is 0 Å². The highest BCUT2D eigenvalue weighted by atomic mass is 16.6. The topological polar surface area (TPSA) is 30.9 Å². The second-order valence-electron chi connectivity index (χ2n) is 6.60. The number of methoxy groups -OCH3 is 1. The average molecular weight is 317 g/mol. The van der Waals surface area contributed by atoms with Gasteiger partial charge in [0.2, 0.25) is 0 Å². The van der Waals surface area contributed by atoms with Gasteiger partial charge in [0.1, 0.15) is 5.75 Å². The van der Waals surface area contributed by atoms with Crippen LogP contribution in [0.2, 0.25) is 0 Å². The number of likely N-dealkylation sites (tertiary alicyclic amines) is 1. The minimum atomic E-state index is -0.0173. The molecule has 2 aliphatic rings. The molecule has 4 heteroatoms. The lowest BCUT2D eigenvalue weighted by atomic mass is 9.89. The van der Waals surface area contributed by atoms with Crippen LogP contribution in [0.3, 0.4) is 0 Å². The van der Waals surface area contributed by atoms with Crippen molar-refractivity contribution in [2.75, 3.05) is 33.4 Å². The Hall–Kier alpha value is -1.36. The highest BCUT2D eigenvalue weighted by Gasteiger charge is 2.43. The first kappa shape index (κ1) is 16.5. The van der Waals surface area contributed by atoms with E-state index < -0.39 is 0 Å². The number of benzene rings is 1. The molecule has 1 aromatic rings. The average Bonchev–Trinajstić information content (AvgIpc) is 2.96. The molecule has 2 saturated heterocycles. The Bertz CT molecular complexity index is 516. The predicted octanol–water partition coefficient (Wildman–Crippen LogP) is 3.02. The molecule has 4 nitrogen and oxygen atoms in total. The summed E-state index contributed by atoms with van der Waals surface area (Å²) in [5.41, 5.74) is 1.30. The van der Waals surface area contributed by atoms with Gasteiger partial charge >= 0.3 is 0 Å². The highest BCUT2D eigenvalue weighted by molar-refractivity contribution is 5.27. The SMILES string of the molecule is C=CCO[C@H]1CO[C@]2(CCCN(Cc3ccc(OC)cc3)C2)C1. The summed E-state index contributed by atoms with van der Waals surface area (Å²) >= 11 is 0. The van der Waals surface area contributed by atoms with Crippen LogP contribution in [-0.4, -0.2) is 50.0 Å². The first-order chi connectivity index (χ1) is 11.2. The minimum absolute atomic E-state index is 0.0173. The molecule has 1 aromatic carbocycles. The van der Waals surface area contributed by atoms with Gasteiger partial charge in [0.15, 0.2) is 0 Å². The molecule has 0 saturated carbocycles. The fourth-order valence-corrected chi connectivity index (χ4v) is 3.71. The van der Waals surface area contributed by atoms with Crippen LogP contribution in [0.1, 0.15) is 24.8 Å². The fraction of sp³-hybridized carbons (Fsp3) is 0.579. The van der Waals surface area contributed by atoms with Crippen molar-refractivity contribution in [1.82, 2.24) is 4.90 Å². The van der Waals surface area contributed by atoms with Crippen LogP contribution in [-0.2, 0) is 16.0 Å². The van der Waals surface area contributed by atoms with Crippen molar-refractivity contribution in [1.29, 1.82) is 0 Å². The number of hydrogen-bond donors (Lipinski definition) is 0. The highest BCUT2D eigenvalue weighted by Crippen LogP contribution is 2.36. The molecule has 23 heavy (non-hydrogen) atoms. The Labute approximate surface area is 139 Å². The van der Waals surface area contributed by atoms with E-state index in [1.54, 1.807) is 7.11 Å². The van der Waals surface area contributed by atoms with Crippen LogP contribution < -0.4 is 4.74 Å². The molecule has 0 amide bonds. The molecule has 2 aliphatic heterocycles. The fourth-order valence-electron chi connectivity index (χ4n) is 3.71. The van der Waals surface area contributed by atoms with Gasteiger partial charge in [0, 0.05) is 19.5 Å². The van der Waals surface area contributed by atoms with Gasteiger partial charge in [-0.15, -0.1) is 6.58 Å². The molecule has 2 atom stereocenters. The van der Waals surface area contributed by atoms with Crippen LogP contribution in [0.15, 0.2) is 36.9 Å². The number of hydrogen-bond acceptors (Lipinski definition) is 4. The van der Waals surface area contributed by atoms with Crippen LogP contribution >= 0.6 is 0 Å². The summed E-state index contributed by atoms with van der Waals surface area (Å²) in [6.07, 6.45) is 5.35. The Morgan fingerprint density at radius 1 is 1.39 bits per heavy atom. The summed E-state index contributed by atoms with van der Waals surface area (Å²) in [6, 6.07) is 8.35. The van der Waals surface area contributed by atoms with Gasteiger partial charge in [0.25, 0.3) is 0 Å². The minimum Gasteiger partial charge on any atom is -0.497 e. The molecule has 0 N–H and O–H groups in total. The molecular weight excluding hydrogens is 290 g/mol. The van der Waals surface area contributed by atoms with E-state index in [-0.39, 0.29) is 11.7 Å². The smallest absolute Gasteiger partial charge is 0.118 e. The van der Waals surface area contributed by atoms with Gasteiger partial charge in [-0.3, -0.25) is 4.90 Å². The van der Waals surface area contributed by atoms with Gasteiger partial charge in [-0.1, -0.05) is 18.2 Å². The van der Waals surface area contributed by atoms with Crippen LogP contribution in [0.25, 0.3) is 0 Å². The zero-order valence-corrected chi connectivity index (χ0v) is 14.0. The van der Waals surface area contributed by atoms with Crippen molar-refractivity contribution in [2.24, 2.45) is 0 Å². The molecule has 0 aliphatic carbocycles. The Morgan fingerprint density at radius 3 is 2.96 bits per heavy atom. The van der Waals surface area contributed by atoms with E-state index in [1.807, 2.05) is 18.2 Å². The molecule has 126 valence electrons. The van der Waals surface area contributed by atoms with Gasteiger partial charge in [-0.2, -0.15) is 0 Å². The molecular formula is C19H27NO3. The van der Waals surface area contributed by atoms with Crippen LogP contribution in [0, 0.1) is 0 Å². The third kappa shape index (κ3) is 4.14. The third-order valence-electron chi connectivity index (χ3n) is 4.81. The zero-order chi connectivity index (χ0) is 16.1. The standard InChI is InChI=1S/C19H27NO3/c1-3-11-22-18-12-19(23-14-18)9-4-10-20(15-19)13-16-5-7-17(21-2)8-6-16/h3,5-8,18H,1,4,9-15H2,2H3/t18-,19-/m1/s1. The first-order valence-corrected chi connectivity index (χ1v) is 8.45. The summed E-state index contributed by atoms with van der Waals surface area (Å²) in [6.45, 7) is 8.13. The summed E-state index contributed by atoms with van der Waals surface area (Å²) in [4.78, 5) is 2.50. The van der Waals surface area contributed by atoms with Crippen LogP contribution in [0.4, 0.5) is 0 Å². The van der Waals surface area contributed by atoms with Crippen molar-refractivity contribution in [2.45, 2.75) is 37.5 Å². The Kier molecular flexibility index (Phi) is 5.36. The molecule has 2 heterocycles. The van der Waals surface area contributed by atoms with Gasteiger partial charge in [0.05, 0.1) is 32.0 Å². The number of rotatable bonds is 6. The molecule has 0 unspecified atom stereocenters. The normalized spacial score (nSPS) is 28.1. The van der Waals surface area contributed by atoms with Crippen molar-refractivity contribution in [3.8, 4) is 5.75 Å². The molecule has 0 bridgehead atoms. The van der Waals surface area contributed by atoms with Crippen LogP contribution in [0.5, 0.6) is 5.75 Å². The second kappa shape index (κ2) is 7.47. The Morgan fingerprint density at radius 2 is 2.22 bits per heavy atom. The lowest BCUT2D eigenvalue weighted by Gasteiger charge is -2.39. The second-order valence-corrected chi connectivity index (χ2v) is 6.60. The van der Waals surface area contributed by atoms with E-state index in [9.17, 15) is 0 Å². The van der Waals surface area contributed by atoms with E-state index in [0.29, 0.717) is 13.2 Å². The third-order valence-corrected chi connectivity index (χ3v) is 4.81. The number of piperidine rings is 1. The lowest BCUT2D eigenvalue weighted by molar-refractivity contribution is -0.0544. The van der Waals surface area contributed by atoms with Crippen molar-refractivity contribution >= 4 is 0 Å². The number of ether oxygens (including phenoxy) is 3. The predicted molar refractivity (Wildman–Crippen MR) is 90.7 cm³/mol. The van der Waals surface area contributed by atoms with E-state index in [0.717, 1.165) is 38.2 Å². The summed E-state index contributed by atoms with van der Waals surface area (Å²) in [5.74, 6) is 0.908. The van der Waals surface area contributed by atoms with E-state index in [1.165, 1.54) is 12.0 Å². The summed E-state index contributed by atoms with van der Waals surface area (Å²) in [7, 11) is 1.70. The van der Waals surface area contributed by atoms with Crippen molar-refractivity contribution in [3.05, 3.63) is 42.5 Å². The van der Waals surface area contributed by atoms with Gasteiger partial charge in [-0.05, 0) is 37.1 Å². The maximum atomic E-state index is 6.17. The zero-order valence-electron chi connectivity index (χ0n) is 14.0. The lowest BCUT2D eigenvalue weighted by Crippen LogP contribution is -2.47. The number of nitrogens with zero attached hydrogens (tertiary/aromatic N) is 1.